The lowest BCUT2D eigenvalue weighted by Gasteiger charge is -2.07. The first-order chi connectivity index (χ1) is 13.1. The van der Waals surface area contributed by atoms with Crippen LogP contribution in [0.25, 0.3) is 0 Å². The van der Waals surface area contributed by atoms with Crippen molar-refractivity contribution in [3.63, 3.8) is 0 Å². The molecule has 0 saturated carbocycles. The molecule has 0 aromatic heterocycles. The lowest BCUT2D eigenvalue weighted by Crippen LogP contribution is -2.04. The van der Waals surface area contributed by atoms with E-state index in [-0.39, 0.29) is 5.97 Å². The second kappa shape index (κ2) is 11.1. The molecule has 0 unspecified atom stereocenters. The number of rotatable bonds is 11. The lowest BCUT2D eigenvalue weighted by molar-refractivity contribution is -0.137. The van der Waals surface area contributed by atoms with Crippen LogP contribution in [0.5, 0.6) is 0 Å². The maximum atomic E-state index is 11.0. The van der Waals surface area contributed by atoms with Crippen molar-refractivity contribution >= 4 is 17.7 Å². The summed E-state index contributed by atoms with van der Waals surface area (Å²) in [6.45, 7) is 11.7. The van der Waals surface area contributed by atoms with Crippen LogP contribution in [0.15, 0.2) is 96.0 Å². The minimum absolute atomic E-state index is 0.364. The van der Waals surface area contributed by atoms with Gasteiger partial charge in [-0.05, 0) is 41.5 Å². The second-order valence-electron chi connectivity index (χ2n) is 5.78. The molecule has 2 aromatic rings. The molecule has 4 heteroatoms. The summed E-state index contributed by atoms with van der Waals surface area (Å²) in [5.41, 5.74) is 2.35. The van der Waals surface area contributed by atoms with Crippen molar-refractivity contribution < 1.29 is 14.3 Å². The van der Waals surface area contributed by atoms with Gasteiger partial charge in [0.25, 0.3) is 0 Å². The summed E-state index contributed by atoms with van der Waals surface area (Å²) in [6, 6.07) is 16.7. The molecule has 0 radical (unpaired) electrons. The standard InChI is InChI=1S/C23H24O3S/c1-4-18(3)25-16-14-19-6-10-21(11-7-19)27-22-12-8-20(9-13-22)15-17-26-23(24)5-2/h4-13H,1-3,14-17H2. The minimum Gasteiger partial charge on any atom is -0.494 e. The van der Waals surface area contributed by atoms with Crippen LogP contribution >= 0.6 is 11.8 Å². The summed E-state index contributed by atoms with van der Waals surface area (Å²) < 4.78 is 10.4. The highest BCUT2D eigenvalue weighted by molar-refractivity contribution is 7.99. The van der Waals surface area contributed by atoms with Crippen LogP contribution in [0.1, 0.15) is 11.1 Å². The van der Waals surface area contributed by atoms with Gasteiger partial charge in [0.1, 0.15) is 5.76 Å². The van der Waals surface area contributed by atoms with E-state index in [4.69, 9.17) is 9.47 Å². The number of ether oxygens (including phenoxy) is 2. The SMILES string of the molecule is C=CC(=C)OCCc1ccc(Sc2ccc(CCOC(=O)C=C)cc2)cc1. The first kappa shape index (κ1) is 20.6. The smallest absolute Gasteiger partial charge is 0.330 e. The molecule has 27 heavy (non-hydrogen) atoms. The van der Waals surface area contributed by atoms with Crippen LogP contribution in [-0.2, 0) is 27.1 Å². The highest BCUT2D eigenvalue weighted by Gasteiger charge is 2.01. The fourth-order valence-corrected chi connectivity index (χ4v) is 3.09. The Morgan fingerprint density at radius 3 is 1.74 bits per heavy atom. The Labute approximate surface area is 165 Å². The fraction of sp³-hybridized carbons (Fsp3) is 0.174. The normalized spacial score (nSPS) is 10.1. The van der Waals surface area contributed by atoms with Gasteiger partial charge in [-0.25, -0.2) is 4.79 Å². The van der Waals surface area contributed by atoms with Crippen molar-refractivity contribution in [1.29, 1.82) is 0 Å². The predicted octanol–water partition coefficient (Wildman–Crippen LogP) is 5.37. The highest BCUT2D eigenvalue weighted by Crippen LogP contribution is 2.28. The van der Waals surface area contributed by atoms with E-state index in [0.29, 0.717) is 25.4 Å². The van der Waals surface area contributed by atoms with Gasteiger partial charge in [-0.1, -0.05) is 55.8 Å². The zero-order valence-electron chi connectivity index (χ0n) is 15.4. The number of carbonyl (C=O) groups excluding carboxylic acids is 1. The molecule has 0 bridgehead atoms. The Morgan fingerprint density at radius 1 is 0.815 bits per heavy atom. The summed E-state index contributed by atoms with van der Waals surface area (Å²) in [6.07, 6.45) is 4.32. The Balaban J connectivity index is 1.80. The second-order valence-corrected chi connectivity index (χ2v) is 6.93. The average molecular weight is 381 g/mol. The van der Waals surface area contributed by atoms with Crippen molar-refractivity contribution in [2.24, 2.45) is 0 Å². The van der Waals surface area contributed by atoms with E-state index in [1.807, 2.05) is 0 Å². The molecule has 0 saturated heterocycles. The third-order valence-electron chi connectivity index (χ3n) is 3.79. The van der Waals surface area contributed by atoms with Gasteiger partial charge >= 0.3 is 5.97 Å². The van der Waals surface area contributed by atoms with E-state index >= 15 is 0 Å². The number of hydrogen-bond acceptors (Lipinski definition) is 4. The molecule has 0 N–H and O–H groups in total. The minimum atomic E-state index is -0.386. The Hall–Kier alpha value is -2.72. The zero-order chi connectivity index (χ0) is 19.5. The number of carbonyl (C=O) groups is 1. The number of allylic oxidation sites excluding steroid dienone is 1. The maximum Gasteiger partial charge on any atom is 0.330 e. The largest absolute Gasteiger partial charge is 0.494 e. The molecule has 0 fully saturated rings. The van der Waals surface area contributed by atoms with Gasteiger partial charge in [0.2, 0.25) is 0 Å². The number of esters is 1. The third kappa shape index (κ3) is 7.59. The van der Waals surface area contributed by atoms with E-state index in [1.165, 1.54) is 21.4 Å². The molecular formula is C23H24O3S. The molecule has 2 aromatic carbocycles. The van der Waals surface area contributed by atoms with E-state index in [1.54, 1.807) is 17.8 Å². The molecule has 2 rings (SSSR count). The summed E-state index contributed by atoms with van der Waals surface area (Å²) in [5.74, 6) is 0.215. The summed E-state index contributed by atoms with van der Waals surface area (Å²) >= 11 is 1.71. The van der Waals surface area contributed by atoms with Crippen molar-refractivity contribution in [3.8, 4) is 0 Å². The molecular weight excluding hydrogens is 356 g/mol. The Morgan fingerprint density at radius 2 is 1.30 bits per heavy atom. The van der Waals surface area contributed by atoms with E-state index in [0.717, 1.165) is 12.0 Å². The number of benzene rings is 2. The quantitative estimate of drug-likeness (QED) is 0.227. The summed E-state index contributed by atoms with van der Waals surface area (Å²) in [7, 11) is 0. The first-order valence-corrected chi connectivity index (χ1v) is 9.51. The van der Waals surface area contributed by atoms with Gasteiger partial charge in [-0.3, -0.25) is 0 Å². The lowest BCUT2D eigenvalue weighted by atomic mass is 10.2. The molecule has 0 atom stereocenters. The first-order valence-electron chi connectivity index (χ1n) is 8.70. The van der Waals surface area contributed by atoms with Gasteiger partial charge in [0, 0.05) is 28.7 Å². The molecule has 0 aliphatic carbocycles. The molecule has 0 aliphatic heterocycles. The predicted molar refractivity (Wildman–Crippen MR) is 111 cm³/mol. The van der Waals surface area contributed by atoms with Crippen molar-refractivity contribution in [2.45, 2.75) is 22.6 Å². The Bertz CT molecular complexity index is 709. The molecule has 0 amide bonds. The van der Waals surface area contributed by atoms with Crippen molar-refractivity contribution in [1.82, 2.24) is 0 Å². The monoisotopic (exact) mass is 380 g/mol. The third-order valence-corrected chi connectivity index (χ3v) is 4.81. The van der Waals surface area contributed by atoms with Crippen LogP contribution in [0.3, 0.4) is 0 Å². The van der Waals surface area contributed by atoms with Crippen LogP contribution in [0.4, 0.5) is 0 Å². The number of hydrogen-bond donors (Lipinski definition) is 0. The molecule has 0 spiro atoms. The maximum absolute atomic E-state index is 11.0. The van der Waals surface area contributed by atoms with E-state index < -0.39 is 0 Å². The van der Waals surface area contributed by atoms with Gasteiger partial charge in [-0.15, -0.1) is 0 Å². The van der Waals surface area contributed by atoms with Gasteiger partial charge < -0.3 is 9.47 Å². The van der Waals surface area contributed by atoms with Crippen LogP contribution in [0, 0.1) is 0 Å². The van der Waals surface area contributed by atoms with Gasteiger partial charge in [-0.2, -0.15) is 0 Å². The fourth-order valence-electron chi connectivity index (χ4n) is 2.27. The highest BCUT2D eigenvalue weighted by atomic mass is 32.2. The van der Waals surface area contributed by atoms with Crippen LogP contribution < -0.4 is 0 Å². The van der Waals surface area contributed by atoms with E-state index in [9.17, 15) is 4.79 Å². The molecule has 0 aliphatic rings. The molecule has 140 valence electrons. The van der Waals surface area contributed by atoms with Gasteiger partial charge in [0.15, 0.2) is 0 Å². The van der Waals surface area contributed by atoms with Crippen molar-refractivity contribution in [3.05, 3.63) is 97.3 Å². The van der Waals surface area contributed by atoms with E-state index in [2.05, 4.69) is 68.3 Å². The summed E-state index contributed by atoms with van der Waals surface area (Å²) in [5, 5.41) is 0. The van der Waals surface area contributed by atoms with Gasteiger partial charge in [0.05, 0.1) is 13.2 Å². The van der Waals surface area contributed by atoms with Crippen molar-refractivity contribution in [2.75, 3.05) is 13.2 Å². The van der Waals surface area contributed by atoms with Crippen LogP contribution in [-0.4, -0.2) is 19.2 Å². The summed E-state index contributed by atoms with van der Waals surface area (Å²) in [4.78, 5) is 13.4. The molecule has 0 heterocycles. The molecule has 3 nitrogen and oxygen atoms in total. The Kier molecular flexibility index (Phi) is 8.46. The zero-order valence-corrected chi connectivity index (χ0v) is 16.2. The van der Waals surface area contributed by atoms with Crippen LogP contribution in [0.2, 0.25) is 0 Å². The topological polar surface area (TPSA) is 35.5 Å². The average Bonchev–Trinajstić information content (AvgIpc) is 2.70.